The van der Waals surface area contributed by atoms with Gasteiger partial charge in [0.25, 0.3) is 0 Å². The Hall–Kier alpha value is -3.83. The molecule has 0 atom stereocenters. The number of hydrogen-bond acceptors (Lipinski definition) is 4. The van der Waals surface area contributed by atoms with E-state index in [4.69, 9.17) is 9.97 Å². The molecule has 0 amide bonds. The fraction of sp³-hybridized carbons (Fsp3) is 0. The predicted molar refractivity (Wildman–Crippen MR) is 125 cm³/mol. The Morgan fingerprint density at radius 1 is 0.667 bits per heavy atom. The highest BCUT2D eigenvalue weighted by Gasteiger charge is 2.19. The quantitative estimate of drug-likeness (QED) is 0.315. The van der Waals surface area contributed by atoms with E-state index in [1.54, 1.807) is 6.33 Å². The van der Waals surface area contributed by atoms with E-state index < -0.39 is 0 Å². The molecule has 4 heterocycles. The van der Waals surface area contributed by atoms with Gasteiger partial charge in [0.2, 0.25) is 0 Å². The summed E-state index contributed by atoms with van der Waals surface area (Å²) in [7, 11) is 0. The number of hydrogen-bond donors (Lipinski definition) is 0. The van der Waals surface area contributed by atoms with Crippen molar-refractivity contribution in [1.82, 2.24) is 19.5 Å². The highest BCUT2D eigenvalue weighted by molar-refractivity contribution is 7.26. The Labute approximate surface area is 175 Å². The largest absolute Gasteiger partial charge is 0.291 e. The molecule has 0 aliphatic rings. The molecule has 0 spiro atoms. The van der Waals surface area contributed by atoms with Crippen LogP contribution in [0.1, 0.15) is 0 Å². The minimum Gasteiger partial charge on any atom is -0.291 e. The van der Waals surface area contributed by atoms with E-state index in [9.17, 15) is 0 Å². The van der Waals surface area contributed by atoms with Crippen LogP contribution < -0.4 is 0 Å². The van der Waals surface area contributed by atoms with Crippen molar-refractivity contribution in [2.45, 2.75) is 0 Å². The van der Waals surface area contributed by atoms with Gasteiger partial charge in [0.1, 0.15) is 12.1 Å². The van der Waals surface area contributed by atoms with E-state index in [1.165, 1.54) is 25.6 Å². The topological polar surface area (TPSA) is 43.6 Å². The Kier molecular flexibility index (Phi) is 3.12. The summed E-state index contributed by atoms with van der Waals surface area (Å²) < 4.78 is 4.80. The van der Waals surface area contributed by atoms with Gasteiger partial charge in [-0.1, -0.05) is 36.4 Å². The van der Waals surface area contributed by atoms with Crippen molar-refractivity contribution in [1.29, 1.82) is 0 Å². The predicted octanol–water partition coefficient (Wildman–Crippen LogP) is 6.49. The van der Waals surface area contributed by atoms with Crippen LogP contribution in [0.2, 0.25) is 0 Å². The molecule has 7 rings (SSSR count). The van der Waals surface area contributed by atoms with Crippen LogP contribution >= 0.6 is 11.3 Å². The first-order valence-electron chi connectivity index (χ1n) is 9.80. The van der Waals surface area contributed by atoms with Crippen molar-refractivity contribution < 1.29 is 0 Å². The number of thiophene rings is 1. The number of rotatable bonds is 1. The lowest BCUT2D eigenvalue weighted by molar-refractivity contribution is 1.07. The molecular formula is C25H14N4S. The van der Waals surface area contributed by atoms with Gasteiger partial charge in [-0.05, 0) is 36.4 Å². The summed E-state index contributed by atoms with van der Waals surface area (Å²) in [6.07, 6.45) is 3.51. The van der Waals surface area contributed by atoms with Crippen molar-refractivity contribution in [3.05, 3.63) is 85.3 Å². The molecule has 0 N–H and O–H groups in total. The third-order valence-electron chi connectivity index (χ3n) is 5.76. The Morgan fingerprint density at radius 2 is 1.53 bits per heavy atom. The smallest absolute Gasteiger partial charge is 0.148 e. The lowest BCUT2D eigenvalue weighted by Crippen LogP contribution is -1.99. The molecule has 0 fully saturated rings. The second kappa shape index (κ2) is 5.84. The summed E-state index contributed by atoms with van der Waals surface area (Å²) >= 11 is 1.83. The van der Waals surface area contributed by atoms with Gasteiger partial charge in [0.05, 0.1) is 22.1 Å². The molecular weight excluding hydrogens is 388 g/mol. The van der Waals surface area contributed by atoms with Crippen LogP contribution in [0.5, 0.6) is 0 Å². The lowest BCUT2D eigenvalue weighted by atomic mass is 10.1. The normalized spacial score (nSPS) is 12.0. The number of fused-ring (bicyclic) bond motifs is 8. The fourth-order valence-electron chi connectivity index (χ4n) is 4.49. The van der Waals surface area contributed by atoms with Crippen LogP contribution in [0.15, 0.2) is 85.3 Å². The van der Waals surface area contributed by atoms with Crippen molar-refractivity contribution in [3.8, 4) is 5.82 Å². The Balaban J connectivity index is 1.73. The molecule has 0 saturated heterocycles. The zero-order chi connectivity index (χ0) is 19.7. The molecule has 30 heavy (non-hydrogen) atoms. The molecule has 0 bridgehead atoms. The maximum Gasteiger partial charge on any atom is 0.148 e. The minimum absolute atomic E-state index is 0.883. The van der Waals surface area contributed by atoms with Crippen LogP contribution in [-0.4, -0.2) is 19.5 Å². The third-order valence-corrected chi connectivity index (χ3v) is 6.97. The van der Waals surface area contributed by atoms with Crippen molar-refractivity contribution in [2.24, 2.45) is 0 Å². The summed E-state index contributed by atoms with van der Waals surface area (Å²) in [5, 5.41) is 4.79. The standard InChI is InChI=1S/C25H14N4S/c1-3-8-18-17(7-1)25(28-14-27-18)29-19-12-11-16-15-6-2-4-10-21(15)30-24(16)22(19)23-20(29)9-5-13-26-23/h1-14H. The van der Waals surface area contributed by atoms with Crippen molar-refractivity contribution in [2.75, 3.05) is 0 Å². The molecule has 0 saturated carbocycles. The lowest BCUT2D eigenvalue weighted by Gasteiger charge is -2.09. The molecule has 0 aliphatic carbocycles. The zero-order valence-corrected chi connectivity index (χ0v) is 16.6. The monoisotopic (exact) mass is 402 g/mol. The van der Waals surface area contributed by atoms with E-state index in [-0.39, 0.29) is 0 Å². The number of pyridine rings is 1. The fourth-order valence-corrected chi connectivity index (χ4v) is 5.74. The summed E-state index contributed by atoms with van der Waals surface area (Å²) in [5.41, 5.74) is 4.12. The molecule has 4 nitrogen and oxygen atoms in total. The number of benzene rings is 3. The average Bonchev–Trinajstić information content (AvgIpc) is 3.34. The highest BCUT2D eigenvalue weighted by Crippen LogP contribution is 2.42. The van der Waals surface area contributed by atoms with Crippen molar-refractivity contribution >= 4 is 64.3 Å². The van der Waals surface area contributed by atoms with Crippen LogP contribution in [0, 0.1) is 0 Å². The van der Waals surface area contributed by atoms with Gasteiger partial charge < -0.3 is 0 Å². The minimum atomic E-state index is 0.883. The number of nitrogens with zero attached hydrogens (tertiary/aromatic N) is 4. The molecule has 0 unspecified atom stereocenters. The average molecular weight is 402 g/mol. The van der Waals surface area contributed by atoms with Crippen LogP contribution in [0.4, 0.5) is 0 Å². The van der Waals surface area contributed by atoms with E-state index in [1.807, 2.05) is 41.8 Å². The van der Waals surface area contributed by atoms with Crippen LogP contribution in [0.25, 0.3) is 58.8 Å². The van der Waals surface area contributed by atoms with E-state index in [2.05, 4.69) is 58.1 Å². The Bertz CT molecular complexity index is 1750. The van der Waals surface area contributed by atoms with Gasteiger partial charge in [-0.3, -0.25) is 9.55 Å². The van der Waals surface area contributed by atoms with Crippen LogP contribution in [-0.2, 0) is 0 Å². The summed E-state index contributed by atoms with van der Waals surface area (Å²) in [4.78, 5) is 14.0. The SMILES string of the molecule is c1ccc2c(-n3c4cccnc4c4c5sc6ccccc6c5ccc43)ncnc2c1. The Morgan fingerprint density at radius 3 is 2.50 bits per heavy atom. The van der Waals surface area contributed by atoms with Gasteiger partial charge >= 0.3 is 0 Å². The molecule has 3 aromatic carbocycles. The van der Waals surface area contributed by atoms with Gasteiger partial charge in [-0.2, -0.15) is 0 Å². The molecule has 5 heteroatoms. The van der Waals surface area contributed by atoms with E-state index in [0.717, 1.165) is 33.3 Å². The summed E-state index contributed by atoms with van der Waals surface area (Å²) in [6.45, 7) is 0. The van der Waals surface area contributed by atoms with E-state index in [0.29, 0.717) is 0 Å². The first-order chi connectivity index (χ1) is 14.9. The second-order valence-electron chi connectivity index (χ2n) is 7.36. The van der Waals surface area contributed by atoms with Crippen LogP contribution in [0.3, 0.4) is 0 Å². The van der Waals surface area contributed by atoms with Crippen molar-refractivity contribution in [3.63, 3.8) is 0 Å². The summed E-state index contributed by atoms with van der Waals surface area (Å²) in [6, 6.07) is 25.3. The van der Waals surface area contributed by atoms with Gasteiger partial charge in [0, 0.05) is 37.1 Å². The first-order valence-corrected chi connectivity index (χ1v) is 10.6. The van der Waals surface area contributed by atoms with E-state index >= 15 is 0 Å². The molecule has 4 aromatic heterocycles. The molecule has 0 aliphatic heterocycles. The molecule has 140 valence electrons. The van der Waals surface area contributed by atoms with Gasteiger partial charge in [-0.25, -0.2) is 9.97 Å². The molecule has 0 radical (unpaired) electrons. The third kappa shape index (κ3) is 2.02. The van der Waals surface area contributed by atoms with Gasteiger partial charge in [-0.15, -0.1) is 11.3 Å². The second-order valence-corrected chi connectivity index (χ2v) is 8.41. The number of para-hydroxylation sites is 1. The highest BCUT2D eigenvalue weighted by atomic mass is 32.1. The zero-order valence-electron chi connectivity index (χ0n) is 15.8. The number of aromatic nitrogens is 4. The van der Waals surface area contributed by atoms with Gasteiger partial charge in [0.15, 0.2) is 0 Å². The summed E-state index contributed by atoms with van der Waals surface area (Å²) in [5.74, 6) is 0.883. The molecule has 7 aromatic rings. The maximum atomic E-state index is 4.80. The first kappa shape index (κ1) is 16.0. The maximum absolute atomic E-state index is 4.80.